The van der Waals surface area contributed by atoms with Gasteiger partial charge in [0.15, 0.2) is 0 Å². The third-order valence-corrected chi connectivity index (χ3v) is 2.08. The summed E-state index contributed by atoms with van der Waals surface area (Å²) >= 11 is 0. The molecule has 0 aliphatic heterocycles. The second kappa shape index (κ2) is 3.91. The van der Waals surface area contributed by atoms with Gasteiger partial charge in [-0.1, -0.05) is 0 Å². The molecule has 0 saturated heterocycles. The lowest BCUT2D eigenvalue weighted by Crippen LogP contribution is -2.05. The number of hydrogen-bond donors (Lipinski definition) is 1. The predicted octanol–water partition coefficient (Wildman–Crippen LogP) is 1.43. The lowest BCUT2D eigenvalue weighted by atomic mass is 10.3. The summed E-state index contributed by atoms with van der Waals surface area (Å²) in [5, 5.41) is 7.38. The molecule has 72 valence electrons. The average Bonchev–Trinajstić information content (AvgIpc) is 2.63. The highest BCUT2D eigenvalue weighted by Crippen LogP contribution is 2.05. The van der Waals surface area contributed by atoms with Crippen LogP contribution in [0, 0.1) is 0 Å². The van der Waals surface area contributed by atoms with E-state index in [1.807, 2.05) is 29.9 Å². The van der Waals surface area contributed by atoms with Gasteiger partial charge in [-0.05, 0) is 18.2 Å². The molecule has 1 N–H and O–H groups in total. The van der Waals surface area contributed by atoms with Gasteiger partial charge in [0.05, 0.1) is 12.2 Å². The van der Waals surface area contributed by atoms with E-state index in [1.165, 1.54) is 0 Å². The van der Waals surface area contributed by atoms with E-state index in [2.05, 4.69) is 15.4 Å². The molecule has 0 fully saturated rings. The molecule has 0 bridgehead atoms. The van der Waals surface area contributed by atoms with Gasteiger partial charge in [-0.15, -0.1) is 0 Å². The summed E-state index contributed by atoms with van der Waals surface area (Å²) in [6.45, 7) is 0.778. The first-order chi connectivity index (χ1) is 6.86. The molecule has 0 aromatic carbocycles. The minimum atomic E-state index is 0.778. The standard InChI is InChI=1S/C10H12N4/c1-14-10(4-7-13-14)8-12-9-2-5-11-6-3-9/h2-7H,8H2,1H3,(H,11,12). The fourth-order valence-corrected chi connectivity index (χ4v) is 1.24. The third-order valence-electron chi connectivity index (χ3n) is 2.08. The normalized spacial score (nSPS) is 10.1. The number of rotatable bonds is 3. The van der Waals surface area contributed by atoms with Crippen molar-refractivity contribution >= 4 is 5.69 Å². The highest BCUT2D eigenvalue weighted by Gasteiger charge is 1.97. The zero-order chi connectivity index (χ0) is 9.80. The van der Waals surface area contributed by atoms with Crippen molar-refractivity contribution in [2.75, 3.05) is 5.32 Å². The van der Waals surface area contributed by atoms with Crippen LogP contribution in [0.1, 0.15) is 5.69 Å². The molecule has 2 aromatic heterocycles. The van der Waals surface area contributed by atoms with Gasteiger partial charge in [-0.3, -0.25) is 9.67 Å². The molecule has 0 aliphatic rings. The second-order valence-electron chi connectivity index (χ2n) is 3.04. The van der Waals surface area contributed by atoms with Gasteiger partial charge in [0.25, 0.3) is 0 Å². The summed E-state index contributed by atoms with van der Waals surface area (Å²) < 4.78 is 1.86. The Morgan fingerprint density at radius 3 is 2.64 bits per heavy atom. The molecule has 2 rings (SSSR count). The largest absolute Gasteiger partial charge is 0.379 e. The average molecular weight is 188 g/mol. The number of pyridine rings is 1. The first kappa shape index (κ1) is 8.74. The second-order valence-corrected chi connectivity index (χ2v) is 3.04. The molecule has 0 amide bonds. The van der Waals surface area contributed by atoms with Crippen molar-refractivity contribution in [2.24, 2.45) is 7.05 Å². The van der Waals surface area contributed by atoms with E-state index in [4.69, 9.17) is 0 Å². The lowest BCUT2D eigenvalue weighted by Gasteiger charge is -2.05. The van der Waals surface area contributed by atoms with E-state index >= 15 is 0 Å². The number of aromatic nitrogens is 3. The van der Waals surface area contributed by atoms with Gasteiger partial charge in [-0.25, -0.2) is 0 Å². The Balaban J connectivity index is 1.99. The molecule has 0 saturated carbocycles. The summed E-state index contributed by atoms with van der Waals surface area (Å²) in [6, 6.07) is 5.88. The van der Waals surface area contributed by atoms with Gasteiger partial charge in [0, 0.05) is 31.3 Å². The summed E-state index contributed by atoms with van der Waals surface area (Å²) in [5.41, 5.74) is 2.23. The first-order valence-corrected chi connectivity index (χ1v) is 4.47. The summed E-state index contributed by atoms with van der Waals surface area (Å²) in [5.74, 6) is 0. The highest BCUT2D eigenvalue weighted by atomic mass is 15.3. The summed E-state index contributed by atoms with van der Waals surface area (Å²) in [4.78, 5) is 3.95. The number of nitrogens with one attached hydrogen (secondary N) is 1. The van der Waals surface area contributed by atoms with E-state index in [1.54, 1.807) is 18.6 Å². The topological polar surface area (TPSA) is 42.7 Å². The van der Waals surface area contributed by atoms with Crippen LogP contribution in [0.5, 0.6) is 0 Å². The Morgan fingerprint density at radius 1 is 1.21 bits per heavy atom. The van der Waals surface area contributed by atoms with Crippen molar-refractivity contribution in [1.29, 1.82) is 0 Å². The maximum absolute atomic E-state index is 4.09. The van der Waals surface area contributed by atoms with E-state index in [-0.39, 0.29) is 0 Å². The Bertz CT molecular complexity index is 394. The third kappa shape index (κ3) is 1.90. The molecule has 0 unspecified atom stereocenters. The molecule has 0 spiro atoms. The van der Waals surface area contributed by atoms with Crippen molar-refractivity contribution in [3.8, 4) is 0 Å². The molecule has 2 aromatic rings. The fraction of sp³-hybridized carbons (Fsp3) is 0.200. The molecular formula is C10H12N4. The Hall–Kier alpha value is -1.84. The quantitative estimate of drug-likeness (QED) is 0.792. The van der Waals surface area contributed by atoms with Crippen LogP contribution >= 0.6 is 0 Å². The summed E-state index contributed by atoms with van der Waals surface area (Å²) in [6.07, 6.45) is 5.33. The van der Waals surface area contributed by atoms with Gasteiger partial charge in [0.1, 0.15) is 0 Å². The first-order valence-electron chi connectivity index (χ1n) is 4.47. The van der Waals surface area contributed by atoms with E-state index in [0.29, 0.717) is 0 Å². The van der Waals surface area contributed by atoms with Gasteiger partial charge >= 0.3 is 0 Å². The van der Waals surface area contributed by atoms with Crippen molar-refractivity contribution in [3.05, 3.63) is 42.5 Å². The fourth-order valence-electron chi connectivity index (χ4n) is 1.24. The number of aryl methyl sites for hydroxylation is 1. The SMILES string of the molecule is Cn1nccc1CNc1ccncc1. The summed E-state index contributed by atoms with van der Waals surface area (Å²) in [7, 11) is 1.93. The Morgan fingerprint density at radius 2 is 2.00 bits per heavy atom. The lowest BCUT2D eigenvalue weighted by molar-refractivity contribution is 0.720. The van der Waals surface area contributed by atoms with Crippen LogP contribution in [0.2, 0.25) is 0 Å². The molecule has 14 heavy (non-hydrogen) atoms. The van der Waals surface area contributed by atoms with Crippen LogP contribution in [0.25, 0.3) is 0 Å². The molecule has 4 nitrogen and oxygen atoms in total. The monoisotopic (exact) mass is 188 g/mol. The zero-order valence-corrected chi connectivity index (χ0v) is 8.01. The minimum Gasteiger partial charge on any atom is -0.379 e. The molecule has 0 atom stereocenters. The number of anilines is 1. The molecule has 2 heterocycles. The molecule has 0 aliphatic carbocycles. The van der Waals surface area contributed by atoms with Crippen LogP contribution < -0.4 is 5.32 Å². The van der Waals surface area contributed by atoms with Crippen LogP contribution in [-0.4, -0.2) is 14.8 Å². The van der Waals surface area contributed by atoms with Gasteiger partial charge in [0.2, 0.25) is 0 Å². The van der Waals surface area contributed by atoms with Crippen LogP contribution in [0.4, 0.5) is 5.69 Å². The van der Waals surface area contributed by atoms with Gasteiger partial charge < -0.3 is 5.32 Å². The highest BCUT2D eigenvalue weighted by molar-refractivity contribution is 5.40. The van der Waals surface area contributed by atoms with Crippen molar-refractivity contribution in [2.45, 2.75) is 6.54 Å². The van der Waals surface area contributed by atoms with E-state index in [0.717, 1.165) is 17.9 Å². The predicted molar refractivity (Wildman–Crippen MR) is 54.8 cm³/mol. The van der Waals surface area contributed by atoms with Gasteiger partial charge in [-0.2, -0.15) is 5.10 Å². The maximum Gasteiger partial charge on any atom is 0.0571 e. The Labute approximate surface area is 82.6 Å². The molecule has 0 radical (unpaired) electrons. The minimum absolute atomic E-state index is 0.778. The number of nitrogens with zero attached hydrogens (tertiary/aromatic N) is 3. The van der Waals surface area contributed by atoms with E-state index in [9.17, 15) is 0 Å². The van der Waals surface area contributed by atoms with Crippen molar-refractivity contribution in [1.82, 2.24) is 14.8 Å². The smallest absolute Gasteiger partial charge is 0.0571 e. The number of hydrogen-bond acceptors (Lipinski definition) is 3. The molecular weight excluding hydrogens is 176 g/mol. The van der Waals surface area contributed by atoms with Crippen molar-refractivity contribution < 1.29 is 0 Å². The molecule has 4 heteroatoms. The zero-order valence-electron chi connectivity index (χ0n) is 8.01. The van der Waals surface area contributed by atoms with Crippen LogP contribution in [0.15, 0.2) is 36.8 Å². The Kier molecular flexibility index (Phi) is 2.44. The van der Waals surface area contributed by atoms with E-state index < -0.39 is 0 Å². The maximum atomic E-state index is 4.09. The van der Waals surface area contributed by atoms with Crippen molar-refractivity contribution in [3.63, 3.8) is 0 Å². The van der Waals surface area contributed by atoms with Crippen LogP contribution in [0.3, 0.4) is 0 Å². The van der Waals surface area contributed by atoms with Crippen LogP contribution in [-0.2, 0) is 13.6 Å².